The van der Waals surface area contributed by atoms with Crippen LogP contribution in [-0.4, -0.2) is 27.7 Å². The summed E-state index contributed by atoms with van der Waals surface area (Å²) >= 11 is 1.38. The number of carbonyl (C=O) groups excluding carboxylic acids is 1. The van der Waals surface area contributed by atoms with Crippen molar-refractivity contribution in [2.45, 2.75) is 17.0 Å². The molecule has 0 unspecified atom stereocenters. The molecule has 5 aromatic rings. The van der Waals surface area contributed by atoms with Gasteiger partial charge >= 0.3 is 0 Å². The second-order valence-corrected chi connectivity index (χ2v) is 9.25. The Bertz CT molecular complexity index is 1440. The van der Waals surface area contributed by atoms with Crippen molar-refractivity contribution in [1.29, 1.82) is 0 Å². The van der Waals surface area contributed by atoms with Crippen LogP contribution in [0, 0.1) is 0 Å². The molecule has 0 saturated heterocycles. The fraction of sp³-hybridized carbons (Fsp3) is 0.100. The van der Waals surface area contributed by atoms with Crippen LogP contribution >= 0.6 is 11.8 Å². The molecule has 0 aliphatic carbocycles. The summed E-state index contributed by atoms with van der Waals surface area (Å²) in [7, 11) is 1.63. The Morgan fingerprint density at radius 3 is 2.03 bits per heavy atom. The van der Waals surface area contributed by atoms with Gasteiger partial charge in [0.25, 0.3) is 0 Å². The SMILES string of the molecule is COc1ccc(OCc2nnc(S[C@H](C(=O)c3ccccc3)c3ccccc3)n2-c2ccccc2)cc1. The first-order valence-electron chi connectivity index (χ1n) is 11.8. The Morgan fingerprint density at radius 2 is 1.38 bits per heavy atom. The minimum atomic E-state index is -0.495. The molecule has 4 aromatic carbocycles. The largest absolute Gasteiger partial charge is 0.497 e. The van der Waals surface area contributed by atoms with Crippen LogP contribution in [0.4, 0.5) is 0 Å². The molecule has 1 aromatic heterocycles. The second kappa shape index (κ2) is 11.6. The predicted octanol–water partition coefficient (Wildman–Crippen LogP) is 6.57. The van der Waals surface area contributed by atoms with E-state index in [-0.39, 0.29) is 12.4 Å². The van der Waals surface area contributed by atoms with Crippen LogP contribution in [0.15, 0.2) is 120 Å². The van der Waals surface area contributed by atoms with Crippen LogP contribution in [0.5, 0.6) is 11.5 Å². The molecule has 0 radical (unpaired) electrons. The smallest absolute Gasteiger partial charge is 0.196 e. The normalized spacial score (nSPS) is 11.6. The minimum absolute atomic E-state index is 0.00967. The van der Waals surface area contributed by atoms with Crippen LogP contribution in [0.3, 0.4) is 0 Å². The molecule has 0 aliphatic heterocycles. The van der Waals surface area contributed by atoms with E-state index >= 15 is 0 Å². The molecule has 0 fully saturated rings. The number of Topliss-reactive ketones (excluding diaryl/α,β-unsaturated/α-hetero) is 1. The van der Waals surface area contributed by atoms with E-state index in [0.717, 1.165) is 17.0 Å². The van der Waals surface area contributed by atoms with Gasteiger partial charge in [-0.3, -0.25) is 9.36 Å². The van der Waals surface area contributed by atoms with Crippen molar-refractivity contribution in [2.24, 2.45) is 0 Å². The van der Waals surface area contributed by atoms with E-state index < -0.39 is 5.25 Å². The van der Waals surface area contributed by atoms with E-state index in [1.807, 2.05) is 120 Å². The van der Waals surface area contributed by atoms with Crippen molar-refractivity contribution in [3.05, 3.63) is 132 Å². The summed E-state index contributed by atoms with van der Waals surface area (Å²) in [6.45, 7) is 0.206. The molecule has 37 heavy (non-hydrogen) atoms. The van der Waals surface area contributed by atoms with Gasteiger partial charge in [0.2, 0.25) is 0 Å². The molecule has 5 rings (SSSR count). The lowest BCUT2D eigenvalue weighted by atomic mass is 10.0. The zero-order valence-electron chi connectivity index (χ0n) is 20.2. The molecule has 184 valence electrons. The third-order valence-corrected chi connectivity index (χ3v) is 6.96. The monoisotopic (exact) mass is 507 g/mol. The number of hydrogen-bond donors (Lipinski definition) is 0. The number of benzene rings is 4. The van der Waals surface area contributed by atoms with Gasteiger partial charge in [-0.25, -0.2) is 0 Å². The quantitative estimate of drug-likeness (QED) is 0.157. The van der Waals surface area contributed by atoms with Gasteiger partial charge in [-0.2, -0.15) is 0 Å². The molecule has 0 spiro atoms. The van der Waals surface area contributed by atoms with Gasteiger partial charge in [-0.1, -0.05) is 90.6 Å². The van der Waals surface area contributed by atoms with Gasteiger partial charge in [-0.15, -0.1) is 10.2 Å². The first kappa shape index (κ1) is 24.3. The van der Waals surface area contributed by atoms with Crippen molar-refractivity contribution < 1.29 is 14.3 Å². The molecule has 6 nitrogen and oxygen atoms in total. The third kappa shape index (κ3) is 5.73. The predicted molar refractivity (Wildman–Crippen MR) is 144 cm³/mol. The number of hydrogen-bond acceptors (Lipinski definition) is 6. The van der Waals surface area contributed by atoms with Gasteiger partial charge in [0.05, 0.1) is 7.11 Å². The average Bonchev–Trinajstić information content (AvgIpc) is 3.38. The lowest BCUT2D eigenvalue weighted by Gasteiger charge is -2.17. The second-order valence-electron chi connectivity index (χ2n) is 8.17. The maximum absolute atomic E-state index is 13.7. The Kier molecular flexibility index (Phi) is 7.62. The van der Waals surface area contributed by atoms with Crippen LogP contribution in [-0.2, 0) is 6.61 Å². The fourth-order valence-electron chi connectivity index (χ4n) is 3.89. The summed E-state index contributed by atoms with van der Waals surface area (Å²) in [5.41, 5.74) is 2.44. The summed E-state index contributed by atoms with van der Waals surface area (Å²) in [6, 6.07) is 36.3. The van der Waals surface area contributed by atoms with E-state index in [0.29, 0.717) is 22.3 Å². The summed E-state index contributed by atoms with van der Waals surface area (Å²) < 4.78 is 13.2. The number of rotatable bonds is 10. The van der Waals surface area contributed by atoms with E-state index in [1.54, 1.807) is 7.11 Å². The topological polar surface area (TPSA) is 66.2 Å². The Hall–Kier alpha value is -4.36. The molecule has 0 bridgehead atoms. The Balaban J connectivity index is 1.49. The number of carbonyl (C=O) groups is 1. The summed E-state index contributed by atoms with van der Waals surface area (Å²) in [4.78, 5) is 13.7. The highest BCUT2D eigenvalue weighted by molar-refractivity contribution is 8.00. The molecule has 7 heteroatoms. The van der Waals surface area contributed by atoms with E-state index in [2.05, 4.69) is 10.2 Å². The van der Waals surface area contributed by atoms with Crippen molar-refractivity contribution in [2.75, 3.05) is 7.11 Å². The molecule has 1 atom stereocenters. The molecule has 1 heterocycles. The Morgan fingerprint density at radius 1 is 0.784 bits per heavy atom. The van der Waals surface area contributed by atoms with Gasteiger partial charge in [0.1, 0.15) is 23.4 Å². The van der Waals surface area contributed by atoms with Gasteiger partial charge in [0.15, 0.2) is 16.8 Å². The zero-order valence-corrected chi connectivity index (χ0v) is 21.0. The highest BCUT2D eigenvalue weighted by Gasteiger charge is 2.27. The van der Waals surface area contributed by atoms with E-state index in [9.17, 15) is 4.79 Å². The fourth-order valence-corrected chi connectivity index (χ4v) is 5.04. The van der Waals surface area contributed by atoms with Crippen LogP contribution in [0.1, 0.15) is 27.0 Å². The average molecular weight is 508 g/mol. The van der Waals surface area contributed by atoms with Crippen molar-refractivity contribution in [3.8, 4) is 17.2 Å². The van der Waals surface area contributed by atoms with Crippen LogP contribution in [0.25, 0.3) is 5.69 Å². The number of methoxy groups -OCH3 is 1. The standard InChI is InChI=1S/C30H25N3O3S/c1-35-25-17-19-26(20-18-25)36-21-27-31-32-30(33(27)24-15-9-4-10-16-24)37-29(23-13-7-3-8-14-23)28(34)22-11-5-2-6-12-22/h2-20,29H,21H2,1H3/t29-/m0/s1. The van der Waals surface area contributed by atoms with E-state index in [4.69, 9.17) is 9.47 Å². The number of thioether (sulfide) groups is 1. The molecule has 0 saturated carbocycles. The van der Waals surface area contributed by atoms with E-state index in [1.165, 1.54) is 11.8 Å². The number of para-hydroxylation sites is 1. The molecule has 0 N–H and O–H groups in total. The molecule has 0 aliphatic rings. The van der Waals surface area contributed by atoms with Crippen molar-refractivity contribution >= 4 is 17.5 Å². The molecule has 0 amide bonds. The molecular formula is C30H25N3O3S. The summed E-state index contributed by atoms with van der Waals surface area (Å²) in [5.74, 6) is 2.09. The lowest BCUT2D eigenvalue weighted by Crippen LogP contribution is -2.12. The van der Waals surface area contributed by atoms with Crippen molar-refractivity contribution in [3.63, 3.8) is 0 Å². The molecular weight excluding hydrogens is 482 g/mol. The summed E-state index contributed by atoms with van der Waals surface area (Å²) in [6.07, 6.45) is 0. The van der Waals surface area contributed by atoms with Gasteiger partial charge in [-0.05, 0) is 42.0 Å². The lowest BCUT2D eigenvalue weighted by molar-refractivity contribution is 0.0989. The van der Waals surface area contributed by atoms with Gasteiger partial charge in [0, 0.05) is 11.3 Å². The first-order valence-corrected chi connectivity index (χ1v) is 12.7. The number of ketones is 1. The highest BCUT2D eigenvalue weighted by Crippen LogP contribution is 2.38. The number of nitrogens with zero attached hydrogens (tertiary/aromatic N) is 3. The third-order valence-electron chi connectivity index (χ3n) is 5.76. The maximum Gasteiger partial charge on any atom is 0.196 e. The Labute approximate surface area is 219 Å². The summed E-state index contributed by atoms with van der Waals surface area (Å²) in [5, 5.41) is 9.06. The number of ether oxygens (including phenoxy) is 2. The van der Waals surface area contributed by atoms with Crippen molar-refractivity contribution in [1.82, 2.24) is 14.8 Å². The minimum Gasteiger partial charge on any atom is -0.497 e. The van der Waals surface area contributed by atoms with Gasteiger partial charge < -0.3 is 9.47 Å². The highest BCUT2D eigenvalue weighted by atomic mass is 32.2. The first-order chi connectivity index (χ1) is 18.2. The van der Waals surface area contributed by atoms with Crippen LogP contribution in [0.2, 0.25) is 0 Å². The van der Waals surface area contributed by atoms with Crippen LogP contribution < -0.4 is 9.47 Å². The number of aromatic nitrogens is 3. The maximum atomic E-state index is 13.7. The zero-order chi connectivity index (χ0) is 25.5.